The summed E-state index contributed by atoms with van der Waals surface area (Å²) in [5, 5.41) is 4.69. The maximum absolute atomic E-state index is 13.4. The van der Waals surface area contributed by atoms with Crippen LogP contribution in [0.25, 0.3) is 16.9 Å². The Morgan fingerprint density at radius 1 is 1.13 bits per heavy atom. The van der Waals surface area contributed by atoms with Crippen molar-refractivity contribution in [2.45, 2.75) is 20.3 Å². The first kappa shape index (κ1) is 23.6. The number of likely N-dealkylation sites (N-methyl/N-ethyl adjacent to an activating group) is 1. The molecule has 0 aliphatic rings. The number of hydrogen-bond acceptors (Lipinski definition) is 3. The lowest BCUT2D eigenvalue weighted by Crippen LogP contribution is -2.40. The number of halogens is 2. The Morgan fingerprint density at radius 3 is 2.37 bits per heavy atom. The maximum atomic E-state index is 13.4. The molecule has 3 aromatic rings. The summed E-state index contributed by atoms with van der Waals surface area (Å²) >= 11 is 0. The number of rotatable bonds is 7. The number of nitrogens with two attached hydrogens (primary N) is 1. The maximum Gasteiger partial charge on any atom is 0.226 e. The van der Waals surface area contributed by atoms with Crippen LogP contribution in [0.4, 0.5) is 4.39 Å². The van der Waals surface area contributed by atoms with E-state index in [9.17, 15) is 9.18 Å². The molecule has 1 aromatic heterocycles. The van der Waals surface area contributed by atoms with Crippen LogP contribution in [0, 0.1) is 11.2 Å². The smallest absolute Gasteiger partial charge is 0.226 e. The van der Waals surface area contributed by atoms with E-state index in [1.54, 1.807) is 28.8 Å². The van der Waals surface area contributed by atoms with Crippen LogP contribution in [0.2, 0.25) is 0 Å². The van der Waals surface area contributed by atoms with Crippen molar-refractivity contribution in [3.63, 3.8) is 0 Å². The molecule has 1 amide bonds. The van der Waals surface area contributed by atoms with E-state index in [-0.39, 0.29) is 36.0 Å². The fourth-order valence-electron chi connectivity index (χ4n) is 3.20. The van der Waals surface area contributed by atoms with Crippen molar-refractivity contribution in [1.29, 1.82) is 0 Å². The van der Waals surface area contributed by atoms with Gasteiger partial charge in [0, 0.05) is 30.9 Å². The molecule has 30 heavy (non-hydrogen) atoms. The monoisotopic (exact) mass is 430 g/mol. The molecule has 2 N–H and O–H groups in total. The summed E-state index contributed by atoms with van der Waals surface area (Å²) < 4.78 is 15.1. The lowest BCUT2D eigenvalue weighted by molar-refractivity contribution is -0.130. The van der Waals surface area contributed by atoms with E-state index in [2.05, 4.69) is 5.10 Å². The van der Waals surface area contributed by atoms with Gasteiger partial charge < -0.3 is 10.6 Å². The summed E-state index contributed by atoms with van der Waals surface area (Å²) in [6, 6.07) is 15.9. The van der Waals surface area contributed by atoms with Gasteiger partial charge in [-0.25, -0.2) is 9.07 Å². The number of benzene rings is 2. The van der Waals surface area contributed by atoms with Gasteiger partial charge in [0.1, 0.15) is 5.82 Å². The molecule has 0 spiro atoms. The Bertz CT molecular complexity index is 971. The first-order valence-corrected chi connectivity index (χ1v) is 9.63. The van der Waals surface area contributed by atoms with Gasteiger partial charge in [-0.2, -0.15) is 5.10 Å². The van der Waals surface area contributed by atoms with Crippen molar-refractivity contribution in [1.82, 2.24) is 14.7 Å². The van der Waals surface area contributed by atoms with Crippen molar-refractivity contribution in [2.75, 3.05) is 20.1 Å². The highest BCUT2D eigenvalue weighted by Crippen LogP contribution is 2.25. The average Bonchev–Trinajstić information content (AvgIpc) is 3.12. The number of aromatic nitrogens is 2. The van der Waals surface area contributed by atoms with E-state index in [0.717, 1.165) is 16.8 Å². The minimum absolute atomic E-state index is 0. The molecule has 0 fully saturated rings. The third-order valence-electron chi connectivity index (χ3n) is 4.91. The topological polar surface area (TPSA) is 64.2 Å². The molecule has 0 bridgehead atoms. The fraction of sp³-hybridized carbons (Fsp3) is 0.304. The van der Waals surface area contributed by atoms with Crippen molar-refractivity contribution in [3.8, 4) is 16.9 Å². The fourth-order valence-corrected chi connectivity index (χ4v) is 3.20. The van der Waals surface area contributed by atoms with Crippen molar-refractivity contribution in [2.24, 2.45) is 11.1 Å². The normalized spacial score (nSPS) is 11.1. The molecule has 0 saturated carbocycles. The standard InChI is InChI=1S/C23H27FN4O.ClH/c1-23(2,15-25)16-27(3)21(29)13-18-14-28(20-7-5-4-6-8-20)26-22(18)17-9-11-19(24)12-10-17;/h4-12,14H,13,15-16,25H2,1-3H3;1H. The largest absolute Gasteiger partial charge is 0.345 e. The molecule has 0 atom stereocenters. The number of para-hydroxylation sites is 1. The Balaban J connectivity index is 0.00000320. The van der Waals surface area contributed by atoms with E-state index in [1.165, 1.54) is 12.1 Å². The van der Waals surface area contributed by atoms with Crippen molar-refractivity contribution < 1.29 is 9.18 Å². The van der Waals surface area contributed by atoms with Crippen LogP contribution >= 0.6 is 12.4 Å². The number of carbonyl (C=O) groups is 1. The first-order valence-electron chi connectivity index (χ1n) is 9.63. The third kappa shape index (κ3) is 5.68. The van der Waals surface area contributed by atoms with Gasteiger partial charge >= 0.3 is 0 Å². The molecular weight excluding hydrogens is 403 g/mol. The molecule has 1 heterocycles. The van der Waals surface area contributed by atoms with Crippen LogP contribution < -0.4 is 5.73 Å². The summed E-state index contributed by atoms with van der Waals surface area (Å²) in [5.74, 6) is -0.319. The third-order valence-corrected chi connectivity index (χ3v) is 4.91. The molecule has 7 heteroatoms. The van der Waals surface area contributed by atoms with Gasteiger partial charge in [0.2, 0.25) is 5.91 Å². The lowest BCUT2D eigenvalue weighted by Gasteiger charge is -2.29. The minimum Gasteiger partial charge on any atom is -0.345 e. The van der Waals surface area contributed by atoms with Crippen molar-refractivity contribution >= 4 is 18.3 Å². The van der Waals surface area contributed by atoms with E-state index in [0.29, 0.717) is 18.8 Å². The molecule has 160 valence electrons. The van der Waals surface area contributed by atoms with E-state index < -0.39 is 0 Å². The summed E-state index contributed by atoms with van der Waals surface area (Å²) in [6.07, 6.45) is 2.07. The second kappa shape index (κ2) is 9.87. The van der Waals surface area contributed by atoms with Crippen LogP contribution in [0.3, 0.4) is 0 Å². The minimum atomic E-state index is -0.308. The lowest BCUT2D eigenvalue weighted by atomic mass is 9.93. The van der Waals surface area contributed by atoms with Gasteiger partial charge in [0.05, 0.1) is 17.8 Å². The van der Waals surface area contributed by atoms with E-state index in [1.807, 2.05) is 50.4 Å². The number of hydrogen-bond donors (Lipinski definition) is 1. The number of carbonyl (C=O) groups excluding carboxylic acids is 1. The zero-order valence-electron chi connectivity index (χ0n) is 17.5. The molecule has 3 rings (SSSR count). The Hall–Kier alpha value is -2.70. The first-order chi connectivity index (χ1) is 13.8. The zero-order chi connectivity index (χ0) is 21.0. The predicted molar refractivity (Wildman–Crippen MR) is 120 cm³/mol. The molecule has 0 saturated heterocycles. The summed E-state index contributed by atoms with van der Waals surface area (Å²) in [4.78, 5) is 14.6. The molecular formula is C23H28ClFN4O. The van der Waals surface area contributed by atoms with E-state index >= 15 is 0 Å². The van der Waals surface area contributed by atoms with Gasteiger partial charge in [-0.15, -0.1) is 12.4 Å². The molecule has 2 aromatic carbocycles. The van der Waals surface area contributed by atoms with Crippen LogP contribution in [-0.2, 0) is 11.2 Å². The number of amides is 1. The van der Waals surface area contributed by atoms with Gasteiger partial charge in [0.25, 0.3) is 0 Å². The van der Waals surface area contributed by atoms with Gasteiger partial charge in [0.15, 0.2) is 0 Å². The molecule has 0 aliphatic carbocycles. The summed E-state index contributed by atoms with van der Waals surface area (Å²) in [5.41, 5.74) is 8.79. The Morgan fingerprint density at radius 2 is 1.77 bits per heavy atom. The molecule has 0 unspecified atom stereocenters. The summed E-state index contributed by atoms with van der Waals surface area (Å²) in [6.45, 7) is 5.14. The van der Waals surface area contributed by atoms with Crippen LogP contribution in [0.15, 0.2) is 60.8 Å². The van der Waals surface area contributed by atoms with Crippen LogP contribution in [0.1, 0.15) is 19.4 Å². The van der Waals surface area contributed by atoms with Gasteiger partial charge in [-0.1, -0.05) is 32.0 Å². The second-order valence-corrected chi connectivity index (χ2v) is 8.08. The van der Waals surface area contributed by atoms with Crippen LogP contribution in [0.5, 0.6) is 0 Å². The van der Waals surface area contributed by atoms with E-state index in [4.69, 9.17) is 5.73 Å². The van der Waals surface area contributed by atoms with Crippen LogP contribution in [-0.4, -0.2) is 40.7 Å². The highest BCUT2D eigenvalue weighted by Gasteiger charge is 2.23. The van der Waals surface area contributed by atoms with Gasteiger partial charge in [-0.05, 0) is 48.4 Å². The number of nitrogens with zero attached hydrogens (tertiary/aromatic N) is 3. The zero-order valence-corrected chi connectivity index (χ0v) is 18.3. The van der Waals surface area contributed by atoms with Gasteiger partial charge in [-0.3, -0.25) is 4.79 Å². The summed E-state index contributed by atoms with van der Waals surface area (Å²) in [7, 11) is 1.79. The average molecular weight is 431 g/mol. The predicted octanol–water partition coefficient (Wildman–Crippen LogP) is 4.09. The molecule has 0 aliphatic heterocycles. The van der Waals surface area contributed by atoms with Crippen molar-refractivity contribution in [3.05, 3.63) is 72.2 Å². The SMILES string of the molecule is CN(CC(C)(C)CN)C(=O)Cc1cn(-c2ccccc2)nc1-c1ccc(F)cc1.Cl. The highest BCUT2D eigenvalue weighted by atomic mass is 35.5. The quantitative estimate of drug-likeness (QED) is 0.614. The second-order valence-electron chi connectivity index (χ2n) is 8.08. The molecule has 5 nitrogen and oxygen atoms in total. The Kier molecular flexibility index (Phi) is 7.76. The molecule has 0 radical (unpaired) electrons. The highest BCUT2D eigenvalue weighted by molar-refractivity contribution is 5.85. The Labute approximate surface area is 183 Å².